The maximum atomic E-state index is 13.6. The smallest absolute Gasteiger partial charge is 0.321 e. The lowest BCUT2D eigenvalue weighted by molar-refractivity contribution is -0.139. The summed E-state index contributed by atoms with van der Waals surface area (Å²) in [6, 6.07) is 10.8. The molecule has 0 aliphatic heterocycles. The third kappa shape index (κ3) is 4.68. The summed E-state index contributed by atoms with van der Waals surface area (Å²) in [5, 5.41) is 12.1. The van der Waals surface area contributed by atoms with Crippen molar-refractivity contribution >= 4 is 17.6 Å². The number of rotatable bonds is 7. The van der Waals surface area contributed by atoms with Gasteiger partial charge in [-0.3, -0.25) is 4.79 Å². The molecular formula is C17H17ClFNO3. The van der Waals surface area contributed by atoms with Gasteiger partial charge in [0.1, 0.15) is 24.2 Å². The molecule has 0 spiro atoms. The summed E-state index contributed by atoms with van der Waals surface area (Å²) in [6.07, 6.45) is 0.366. The van der Waals surface area contributed by atoms with Crippen LogP contribution >= 0.6 is 11.6 Å². The van der Waals surface area contributed by atoms with Crippen molar-refractivity contribution in [1.29, 1.82) is 0 Å². The Balaban J connectivity index is 1.99. The van der Waals surface area contributed by atoms with Crippen molar-refractivity contribution in [2.24, 2.45) is 0 Å². The van der Waals surface area contributed by atoms with E-state index in [0.29, 0.717) is 22.8 Å². The van der Waals surface area contributed by atoms with E-state index in [1.165, 1.54) is 12.1 Å². The number of carboxylic acid groups (broad SMARTS) is 1. The monoisotopic (exact) mass is 337 g/mol. The van der Waals surface area contributed by atoms with Gasteiger partial charge in [-0.2, -0.15) is 0 Å². The molecule has 2 aromatic rings. The van der Waals surface area contributed by atoms with Crippen molar-refractivity contribution in [3.05, 3.63) is 64.4 Å². The normalized spacial score (nSPS) is 12.0. The number of likely N-dealkylation sites (N-methyl/N-ethyl adjacent to an activating group) is 1. The summed E-state index contributed by atoms with van der Waals surface area (Å²) in [7, 11) is 1.61. The highest BCUT2D eigenvalue weighted by Crippen LogP contribution is 2.22. The molecule has 0 heterocycles. The molecular weight excluding hydrogens is 321 g/mol. The molecule has 0 unspecified atom stereocenters. The van der Waals surface area contributed by atoms with E-state index in [4.69, 9.17) is 21.4 Å². The number of carboxylic acids is 1. The van der Waals surface area contributed by atoms with Gasteiger partial charge in [0.15, 0.2) is 0 Å². The Labute approximate surface area is 138 Å². The Hall–Kier alpha value is -2.11. The number of hydrogen-bond acceptors (Lipinski definition) is 3. The van der Waals surface area contributed by atoms with E-state index in [2.05, 4.69) is 5.32 Å². The molecule has 0 saturated carbocycles. The van der Waals surface area contributed by atoms with Crippen molar-refractivity contribution in [3.63, 3.8) is 0 Å². The molecule has 0 bridgehead atoms. The van der Waals surface area contributed by atoms with Gasteiger partial charge in [0, 0.05) is 5.56 Å². The average molecular weight is 338 g/mol. The van der Waals surface area contributed by atoms with Gasteiger partial charge in [-0.15, -0.1) is 0 Å². The maximum absolute atomic E-state index is 13.6. The van der Waals surface area contributed by atoms with Gasteiger partial charge in [0.25, 0.3) is 0 Å². The van der Waals surface area contributed by atoms with Crippen LogP contribution in [0.1, 0.15) is 11.1 Å². The maximum Gasteiger partial charge on any atom is 0.321 e. The average Bonchev–Trinajstić information content (AvgIpc) is 2.53. The molecule has 2 N–H and O–H groups in total. The predicted molar refractivity (Wildman–Crippen MR) is 86.4 cm³/mol. The highest BCUT2D eigenvalue weighted by molar-refractivity contribution is 6.31. The van der Waals surface area contributed by atoms with Crippen LogP contribution < -0.4 is 10.1 Å². The summed E-state index contributed by atoms with van der Waals surface area (Å²) in [6.45, 7) is 0.0269. The molecule has 2 rings (SSSR count). The van der Waals surface area contributed by atoms with E-state index < -0.39 is 17.8 Å². The number of benzene rings is 2. The van der Waals surface area contributed by atoms with Crippen LogP contribution in [0, 0.1) is 5.82 Å². The van der Waals surface area contributed by atoms with Gasteiger partial charge in [0.2, 0.25) is 0 Å². The predicted octanol–water partition coefficient (Wildman–Crippen LogP) is 3.27. The van der Waals surface area contributed by atoms with Gasteiger partial charge in [-0.05, 0) is 43.3 Å². The van der Waals surface area contributed by atoms with Gasteiger partial charge >= 0.3 is 5.97 Å². The van der Waals surface area contributed by atoms with E-state index in [0.717, 1.165) is 5.56 Å². The standard InChI is InChI=1S/C17H17ClFNO3/c1-20-16(17(21)22)9-11-5-7-12(8-6-11)23-10-13-14(18)3-2-4-15(13)19/h2-8,16,20H,9-10H2,1H3,(H,21,22)/t16-/m1/s1. The van der Waals surface area contributed by atoms with Gasteiger partial charge in [-0.25, -0.2) is 4.39 Å². The van der Waals surface area contributed by atoms with Crippen LogP contribution in [-0.4, -0.2) is 24.2 Å². The van der Waals surface area contributed by atoms with E-state index in [9.17, 15) is 9.18 Å². The largest absolute Gasteiger partial charge is 0.489 e. The van der Waals surface area contributed by atoms with E-state index in [1.54, 1.807) is 37.4 Å². The molecule has 0 aromatic heterocycles. The first-order valence-electron chi connectivity index (χ1n) is 7.06. The zero-order valence-corrected chi connectivity index (χ0v) is 13.3. The van der Waals surface area contributed by atoms with E-state index in [1.807, 2.05) is 0 Å². The molecule has 2 aromatic carbocycles. The summed E-state index contributed by atoms with van der Waals surface area (Å²) in [5.74, 6) is -0.751. The molecule has 0 saturated heterocycles. The highest BCUT2D eigenvalue weighted by Gasteiger charge is 2.15. The van der Waals surface area contributed by atoms with E-state index in [-0.39, 0.29) is 6.61 Å². The van der Waals surface area contributed by atoms with Crippen LogP contribution in [0.4, 0.5) is 4.39 Å². The number of nitrogens with one attached hydrogen (secondary N) is 1. The molecule has 1 atom stereocenters. The van der Waals surface area contributed by atoms with Crippen LogP contribution in [0.2, 0.25) is 5.02 Å². The zero-order chi connectivity index (χ0) is 16.8. The second-order valence-corrected chi connectivity index (χ2v) is 5.42. The Morgan fingerprint density at radius 3 is 2.57 bits per heavy atom. The minimum Gasteiger partial charge on any atom is -0.489 e. The number of carbonyl (C=O) groups is 1. The number of halogens is 2. The number of ether oxygens (including phenoxy) is 1. The molecule has 0 amide bonds. The summed E-state index contributed by atoms with van der Waals surface area (Å²) in [4.78, 5) is 11.0. The highest BCUT2D eigenvalue weighted by atomic mass is 35.5. The third-order valence-electron chi connectivity index (χ3n) is 3.45. The molecule has 23 heavy (non-hydrogen) atoms. The Bertz CT molecular complexity index is 656. The zero-order valence-electron chi connectivity index (χ0n) is 12.6. The van der Waals surface area contributed by atoms with Crippen LogP contribution in [0.15, 0.2) is 42.5 Å². The fraction of sp³-hybridized carbons (Fsp3) is 0.235. The second-order valence-electron chi connectivity index (χ2n) is 5.02. The first-order chi connectivity index (χ1) is 11.0. The first-order valence-corrected chi connectivity index (χ1v) is 7.43. The quantitative estimate of drug-likeness (QED) is 0.814. The number of aliphatic carboxylic acids is 1. The van der Waals surface area contributed by atoms with Gasteiger partial charge in [0.05, 0.1) is 5.02 Å². The Morgan fingerprint density at radius 1 is 1.30 bits per heavy atom. The topological polar surface area (TPSA) is 58.6 Å². The third-order valence-corrected chi connectivity index (χ3v) is 3.81. The lowest BCUT2D eigenvalue weighted by Gasteiger charge is -2.12. The lowest BCUT2D eigenvalue weighted by Crippen LogP contribution is -2.35. The Kier molecular flexibility index (Phi) is 5.96. The molecule has 4 nitrogen and oxygen atoms in total. The summed E-state index contributed by atoms with van der Waals surface area (Å²) < 4.78 is 19.2. The van der Waals surface area contributed by atoms with Crippen molar-refractivity contribution in [2.45, 2.75) is 19.1 Å². The molecule has 122 valence electrons. The fourth-order valence-electron chi connectivity index (χ4n) is 2.10. The van der Waals surface area contributed by atoms with E-state index >= 15 is 0 Å². The first kappa shape index (κ1) is 17.2. The molecule has 0 radical (unpaired) electrons. The minimum atomic E-state index is -0.901. The van der Waals surface area contributed by atoms with Gasteiger partial charge < -0.3 is 15.2 Å². The summed E-state index contributed by atoms with van der Waals surface area (Å²) in [5.41, 5.74) is 1.17. The van der Waals surface area contributed by atoms with Crippen molar-refractivity contribution in [1.82, 2.24) is 5.32 Å². The fourth-order valence-corrected chi connectivity index (χ4v) is 2.31. The molecule has 0 fully saturated rings. The molecule has 0 aliphatic carbocycles. The van der Waals surface area contributed by atoms with Crippen LogP contribution in [-0.2, 0) is 17.8 Å². The van der Waals surface area contributed by atoms with Crippen LogP contribution in [0.5, 0.6) is 5.75 Å². The van der Waals surface area contributed by atoms with Crippen LogP contribution in [0.3, 0.4) is 0 Å². The van der Waals surface area contributed by atoms with Crippen molar-refractivity contribution in [2.75, 3.05) is 7.05 Å². The van der Waals surface area contributed by atoms with Gasteiger partial charge in [-0.1, -0.05) is 29.8 Å². The number of hydrogen-bond donors (Lipinski definition) is 2. The van der Waals surface area contributed by atoms with Crippen LogP contribution in [0.25, 0.3) is 0 Å². The lowest BCUT2D eigenvalue weighted by atomic mass is 10.1. The minimum absolute atomic E-state index is 0.0269. The Morgan fingerprint density at radius 2 is 2.00 bits per heavy atom. The SMILES string of the molecule is CN[C@H](Cc1ccc(OCc2c(F)cccc2Cl)cc1)C(=O)O. The van der Waals surface area contributed by atoms with Crippen molar-refractivity contribution in [3.8, 4) is 5.75 Å². The second kappa shape index (κ2) is 7.94. The molecule has 0 aliphatic rings. The molecule has 6 heteroatoms. The van der Waals surface area contributed by atoms with Crippen molar-refractivity contribution < 1.29 is 19.0 Å². The summed E-state index contributed by atoms with van der Waals surface area (Å²) >= 11 is 5.94.